The lowest BCUT2D eigenvalue weighted by molar-refractivity contribution is 0.0860. The van der Waals surface area contributed by atoms with Crippen LogP contribution in [-0.4, -0.2) is 47.8 Å². The summed E-state index contributed by atoms with van der Waals surface area (Å²) in [7, 11) is 0. The highest BCUT2D eigenvalue weighted by molar-refractivity contribution is 5.74. The quantitative estimate of drug-likeness (QED) is 0.669. The molecule has 0 bridgehead atoms. The average Bonchev–Trinajstić information content (AvgIpc) is 2.99. The normalized spacial score (nSPS) is 19.4. The number of carbonyl (C=O) groups is 1. The summed E-state index contributed by atoms with van der Waals surface area (Å²) in [5.41, 5.74) is 0. The number of carbonyl (C=O) groups excluding carboxylic acids is 1. The van der Waals surface area contributed by atoms with E-state index in [4.69, 9.17) is 4.74 Å². The summed E-state index contributed by atoms with van der Waals surface area (Å²) in [5.74, 6) is 0.558. The molecule has 0 radical (unpaired) electrons. The summed E-state index contributed by atoms with van der Waals surface area (Å²) >= 11 is 0. The molecule has 0 aromatic carbocycles. The molecule has 2 amide bonds. The minimum atomic E-state index is -0.177. The van der Waals surface area contributed by atoms with Crippen LogP contribution < -0.4 is 16.0 Å². The number of aromatic nitrogens is 2. The fourth-order valence-electron chi connectivity index (χ4n) is 2.09. The van der Waals surface area contributed by atoms with Crippen molar-refractivity contribution in [1.82, 2.24) is 20.6 Å². The van der Waals surface area contributed by atoms with Crippen LogP contribution in [0.2, 0.25) is 0 Å². The van der Waals surface area contributed by atoms with Crippen molar-refractivity contribution in [3.8, 4) is 0 Å². The molecule has 3 N–H and O–H groups in total. The molecule has 20 heavy (non-hydrogen) atoms. The van der Waals surface area contributed by atoms with Gasteiger partial charge >= 0.3 is 6.03 Å². The van der Waals surface area contributed by atoms with Gasteiger partial charge in [-0.05, 0) is 25.8 Å². The molecule has 2 rings (SSSR count). The molecule has 0 spiro atoms. The Morgan fingerprint density at radius 2 is 2.25 bits per heavy atom. The van der Waals surface area contributed by atoms with Crippen molar-refractivity contribution in [2.75, 3.05) is 25.0 Å². The molecule has 7 heteroatoms. The van der Waals surface area contributed by atoms with Gasteiger partial charge in [0, 0.05) is 32.1 Å². The van der Waals surface area contributed by atoms with Gasteiger partial charge in [0.05, 0.1) is 12.1 Å². The summed E-state index contributed by atoms with van der Waals surface area (Å²) in [5, 5.41) is 8.69. The topological polar surface area (TPSA) is 88.2 Å². The molecule has 1 aromatic heterocycles. The zero-order valence-electron chi connectivity index (χ0n) is 11.6. The van der Waals surface area contributed by atoms with Gasteiger partial charge in [-0.3, -0.25) is 0 Å². The molecule has 0 saturated carbocycles. The van der Waals surface area contributed by atoms with Crippen molar-refractivity contribution >= 4 is 12.0 Å². The Hall–Kier alpha value is -1.89. The van der Waals surface area contributed by atoms with Crippen LogP contribution in [0.25, 0.3) is 0 Å². The first-order valence-electron chi connectivity index (χ1n) is 6.92. The van der Waals surface area contributed by atoms with Gasteiger partial charge in [0.2, 0.25) is 5.95 Å². The van der Waals surface area contributed by atoms with Crippen molar-refractivity contribution in [3.05, 3.63) is 18.5 Å². The van der Waals surface area contributed by atoms with E-state index in [2.05, 4.69) is 25.9 Å². The van der Waals surface area contributed by atoms with Crippen LogP contribution in [0.4, 0.5) is 10.7 Å². The van der Waals surface area contributed by atoms with E-state index in [9.17, 15) is 4.79 Å². The van der Waals surface area contributed by atoms with Crippen LogP contribution >= 0.6 is 0 Å². The number of nitrogens with zero attached hydrogens (tertiary/aromatic N) is 2. The van der Waals surface area contributed by atoms with E-state index in [1.54, 1.807) is 18.5 Å². The van der Waals surface area contributed by atoms with Gasteiger partial charge in [-0.2, -0.15) is 0 Å². The van der Waals surface area contributed by atoms with E-state index in [1.165, 1.54) is 0 Å². The largest absolute Gasteiger partial charge is 0.376 e. The fourth-order valence-corrected chi connectivity index (χ4v) is 2.09. The molecule has 0 aliphatic carbocycles. The lowest BCUT2D eigenvalue weighted by atomic mass is 10.1. The standard InChI is InChI=1S/C13H21N5O2/c1-10(11-4-2-9-20-11)18-13(19)17-8-7-16-12-14-5-3-6-15-12/h3,5-6,10-11H,2,4,7-9H2,1H3,(H,14,15,16)(H2,17,18,19)/t10-,11-/m0/s1. The Bertz CT molecular complexity index is 408. The fraction of sp³-hybridized carbons (Fsp3) is 0.615. The Morgan fingerprint density at radius 1 is 1.45 bits per heavy atom. The van der Waals surface area contributed by atoms with Gasteiger partial charge in [-0.1, -0.05) is 0 Å². The molecule has 1 fully saturated rings. The molecule has 1 saturated heterocycles. The van der Waals surface area contributed by atoms with E-state index in [-0.39, 0.29) is 18.2 Å². The molecular formula is C13H21N5O2. The maximum absolute atomic E-state index is 11.7. The third-order valence-electron chi connectivity index (χ3n) is 3.14. The molecule has 1 aliphatic heterocycles. The van der Waals surface area contributed by atoms with Gasteiger partial charge in [0.15, 0.2) is 0 Å². The number of anilines is 1. The molecule has 1 aromatic rings. The predicted octanol–water partition coefficient (Wildman–Crippen LogP) is 0.755. The number of ether oxygens (including phenoxy) is 1. The van der Waals surface area contributed by atoms with Crippen LogP contribution in [0.5, 0.6) is 0 Å². The first-order valence-corrected chi connectivity index (χ1v) is 6.92. The number of hydrogen-bond donors (Lipinski definition) is 3. The third-order valence-corrected chi connectivity index (χ3v) is 3.14. The van der Waals surface area contributed by atoms with Crippen LogP contribution in [-0.2, 0) is 4.74 Å². The second kappa shape index (κ2) is 7.64. The predicted molar refractivity (Wildman–Crippen MR) is 75.5 cm³/mol. The first-order chi connectivity index (χ1) is 9.75. The van der Waals surface area contributed by atoms with Crippen molar-refractivity contribution in [2.45, 2.75) is 31.9 Å². The summed E-state index contributed by atoms with van der Waals surface area (Å²) in [6.45, 7) is 3.83. The maximum Gasteiger partial charge on any atom is 0.315 e. The molecule has 7 nitrogen and oxygen atoms in total. The number of rotatable bonds is 6. The monoisotopic (exact) mass is 279 g/mol. The van der Waals surface area contributed by atoms with Crippen molar-refractivity contribution in [2.24, 2.45) is 0 Å². The van der Waals surface area contributed by atoms with Gasteiger partial charge in [0.1, 0.15) is 0 Å². The maximum atomic E-state index is 11.7. The number of hydrogen-bond acceptors (Lipinski definition) is 5. The van der Waals surface area contributed by atoms with E-state index in [0.717, 1.165) is 19.4 Å². The molecule has 1 aliphatic rings. The Kier molecular flexibility index (Phi) is 5.55. The number of amides is 2. The average molecular weight is 279 g/mol. The molecule has 2 atom stereocenters. The van der Waals surface area contributed by atoms with Crippen molar-refractivity contribution in [3.63, 3.8) is 0 Å². The van der Waals surface area contributed by atoms with E-state index in [1.807, 2.05) is 6.92 Å². The van der Waals surface area contributed by atoms with Gasteiger partial charge < -0.3 is 20.7 Å². The highest BCUT2D eigenvalue weighted by Crippen LogP contribution is 2.15. The minimum Gasteiger partial charge on any atom is -0.376 e. The second-order valence-corrected chi connectivity index (χ2v) is 4.74. The molecule has 0 unspecified atom stereocenters. The summed E-state index contributed by atoms with van der Waals surface area (Å²) in [4.78, 5) is 19.7. The molecule has 110 valence electrons. The summed E-state index contributed by atoms with van der Waals surface area (Å²) < 4.78 is 5.53. The van der Waals surface area contributed by atoms with Gasteiger partial charge in [0.25, 0.3) is 0 Å². The van der Waals surface area contributed by atoms with Crippen LogP contribution in [0, 0.1) is 0 Å². The van der Waals surface area contributed by atoms with Crippen LogP contribution in [0.3, 0.4) is 0 Å². The Morgan fingerprint density at radius 3 is 2.95 bits per heavy atom. The number of nitrogens with one attached hydrogen (secondary N) is 3. The second-order valence-electron chi connectivity index (χ2n) is 4.74. The lowest BCUT2D eigenvalue weighted by Crippen LogP contribution is -2.46. The van der Waals surface area contributed by atoms with Gasteiger partial charge in [-0.25, -0.2) is 14.8 Å². The SMILES string of the molecule is C[C@H](NC(=O)NCCNc1ncccn1)[C@@H]1CCCO1. The van der Waals surface area contributed by atoms with E-state index in [0.29, 0.717) is 19.0 Å². The first kappa shape index (κ1) is 14.5. The van der Waals surface area contributed by atoms with Crippen molar-refractivity contribution < 1.29 is 9.53 Å². The van der Waals surface area contributed by atoms with Crippen molar-refractivity contribution in [1.29, 1.82) is 0 Å². The minimum absolute atomic E-state index is 0.0305. The molecule has 2 heterocycles. The zero-order chi connectivity index (χ0) is 14.2. The van der Waals surface area contributed by atoms with E-state index < -0.39 is 0 Å². The highest BCUT2D eigenvalue weighted by Gasteiger charge is 2.23. The third kappa shape index (κ3) is 4.65. The summed E-state index contributed by atoms with van der Waals surface area (Å²) in [6.07, 6.45) is 5.54. The zero-order valence-corrected chi connectivity index (χ0v) is 11.6. The van der Waals surface area contributed by atoms with E-state index >= 15 is 0 Å². The Labute approximate surface area is 118 Å². The smallest absolute Gasteiger partial charge is 0.315 e. The van der Waals surface area contributed by atoms with Crippen LogP contribution in [0.15, 0.2) is 18.5 Å². The summed E-state index contributed by atoms with van der Waals surface area (Å²) in [6, 6.07) is 1.61. The number of urea groups is 1. The Balaban J connectivity index is 1.58. The molecular weight excluding hydrogens is 258 g/mol. The van der Waals surface area contributed by atoms with Gasteiger partial charge in [-0.15, -0.1) is 0 Å². The van der Waals surface area contributed by atoms with Crippen LogP contribution in [0.1, 0.15) is 19.8 Å². The lowest BCUT2D eigenvalue weighted by Gasteiger charge is -2.20. The highest BCUT2D eigenvalue weighted by atomic mass is 16.5.